The van der Waals surface area contributed by atoms with Gasteiger partial charge in [-0.2, -0.15) is 0 Å². The highest BCUT2D eigenvalue weighted by molar-refractivity contribution is 5.80. The number of hydrogen-bond donors (Lipinski definition) is 2. The fraction of sp³-hybridized carbons (Fsp3) is 0.519. The molecule has 0 saturated carbocycles. The first-order chi connectivity index (χ1) is 15.6. The fourth-order valence-electron chi connectivity index (χ4n) is 3.30. The van der Waals surface area contributed by atoms with Gasteiger partial charge in [-0.15, -0.1) is 0 Å². The van der Waals surface area contributed by atoms with Crippen LogP contribution in [-0.4, -0.2) is 42.0 Å². The molecule has 6 heteroatoms. The predicted octanol–water partition coefficient (Wildman–Crippen LogP) is 5.05. The van der Waals surface area contributed by atoms with Crippen molar-refractivity contribution in [2.45, 2.75) is 78.9 Å². The van der Waals surface area contributed by atoms with Crippen molar-refractivity contribution in [2.75, 3.05) is 13.2 Å². The zero-order valence-electron chi connectivity index (χ0n) is 21.1. The second-order valence-corrected chi connectivity index (χ2v) is 8.48. The highest BCUT2D eigenvalue weighted by Gasteiger charge is 2.44. The van der Waals surface area contributed by atoms with E-state index in [0.29, 0.717) is 30.0 Å². The van der Waals surface area contributed by atoms with E-state index >= 15 is 0 Å². The quantitative estimate of drug-likeness (QED) is 0.458. The SMILES string of the molecule is CC(C)NC(C)C.CCOC(=O)C(C)(OCC)C(O)c1ccc(OCc2ccccc2)cc1. The second kappa shape index (κ2) is 14.7. The summed E-state index contributed by atoms with van der Waals surface area (Å²) in [5.74, 6) is 0.0952. The van der Waals surface area contributed by atoms with E-state index in [9.17, 15) is 9.90 Å². The smallest absolute Gasteiger partial charge is 0.341 e. The lowest BCUT2D eigenvalue weighted by molar-refractivity contribution is -0.185. The van der Waals surface area contributed by atoms with Crippen molar-refractivity contribution in [1.29, 1.82) is 0 Å². The number of nitrogens with one attached hydrogen (secondary N) is 1. The molecule has 2 atom stereocenters. The fourth-order valence-corrected chi connectivity index (χ4v) is 3.30. The molecule has 0 saturated heterocycles. The molecule has 0 radical (unpaired) electrons. The van der Waals surface area contributed by atoms with Crippen LogP contribution < -0.4 is 10.1 Å². The first-order valence-electron chi connectivity index (χ1n) is 11.7. The second-order valence-electron chi connectivity index (χ2n) is 8.48. The summed E-state index contributed by atoms with van der Waals surface area (Å²) in [6, 6.07) is 18.1. The van der Waals surface area contributed by atoms with Gasteiger partial charge < -0.3 is 24.6 Å². The van der Waals surface area contributed by atoms with Gasteiger partial charge in [0.05, 0.1) is 6.61 Å². The molecule has 0 aromatic heterocycles. The van der Waals surface area contributed by atoms with Gasteiger partial charge in [0.15, 0.2) is 5.60 Å². The number of carbonyl (C=O) groups excluding carboxylic acids is 1. The molecule has 0 amide bonds. The highest BCUT2D eigenvalue weighted by atomic mass is 16.6. The van der Waals surface area contributed by atoms with E-state index in [4.69, 9.17) is 14.2 Å². The Morgan fingerprint density at radius 3 is 1.97 bits per heavy atom. The lowest BCUT2D eigenvalue weighted by atomic mass is 9.92. The van der Waals surface area contributed by atoms with Gasteiger partial charge in [-0.25, -0.2) is 4.79 Å². The molecule has 0 aliphatic carbocycles. The first kappa shape index (κ1) is 28.6. The summed E-state index contributed by atoms with van der Waals surface area (Å²) in [7, 11) is 0. The van der Waals surface area contributed by atoms with Gasteiger partial charge in [0.2, 0.25) is 0 Å². The molecule has 33 heavy (non-hydrogen) atoms. The zero-order valence-corrected chi connectivity index (χ0v) is 21.1. The lowest BCUT2D eigenvalue weighted by Gasteiger charge is -2.32. The molecule has 0 bridgehead atoms. The van der Waals surface area contributed by atoms with Crippen LogP contribution in [0, 0.1) is 0 Å². The van der Waals surface area contributed by atoms with Crippen LogP contribution in [0.1, 0.15) is 65.7 Å². The Balaban J connectivity index is 0.000000675. The highest BCUT2D eigenvalue weighted by Crippen LogP contribution is 2.31. The Morgan fingerprint density at radius 1 is 0.939 bits per heavy atom. The van der Waals surface area contributed by atoms with Crippen LogP contribution in [0.25, 0.3) is 0 Å². The van der Waals surface area contributed by atoms with Crippen LogP contribution in [-0.2, 0) is 20.9 Å². The number of hydrogen-bond acceptors (Lipinski definition) is 6. The maximum Gasteiger partial charge on any atom is 0.341 e. The van der Waals surface area contributed by atoms with Gasteiger partial charge in [-0.3, -0.25) is 0 Å². The van der Waals surface area contributed by atoms with Gasteiger partial charge in [0, 0.05) is 18.7 Å². The van der Waals surface area contributed by atoms with Gasteiger partial charge >= 0.3 is 5.97 Å². The monoisotopic (exact) mass is 459 g/mol. The average molecular weight is 460 g/mol. The van der Waals surface area contributed by atoms with Crippen molar-refractivity contribution in [2.24, 2.45) is 0 Å². The molecule has 2 rings (SSSR count). The zero-order chi connectivity index (χ0) is 24.9. The van der Waals surface area contributed by atoms with Crippen LogP contribution in [0.2, 0.25) is 0 Å². The minimum absolute atomic E-state index is 0.223. The lowest BCUT2D eigenvalue weighted by Crippen LogP contribution is -2.45. The number of carbonyl (C=O) groups is 1. The van der Waals surface area contributed by atoms with E-state index in [2.05, 4.69) is 33.0 Å². The summed E-state index contributed by atoms with van der Waals surface area (Å²) < 4.78 is 16.3. The van der Waals surface area contributed by atoms with E-state index < -0.39 is 17.7 Å². The standard InChI is InChI=1S/C21H26O5.C6H15N/c1-4-24-20(23)21(3,26-5-2)19(22)17-11-13-18(14-12-17)25-15-16-9-7-6-8-10-16;1-5(2)7-6(3)4/h6-14,19,22H,4-5,15H2,1-3H3;5-7H,1-4H3. The minimum Gasteiger partial charge on any atom is -0.489 e. The Bertz CT molecular complexity index is 786. The maximum atomic E-state index is 12.3. The third-order valence-corrected chi connectivity index (χ3v) is 4.76. The van der Waals surface area contributed by atoms with Gasteiger partial charge in [0.1, 0.15) is 18.5 Å². The van der Waals surface area contributed by atoms with Crippen LogP contribution in [0.5, 0.6) is 5.75 Å². The molecule has 0 spiro atoms. The van der Waals surface area contributed by atoms with E-state index in [1.54, 1.807) is 45.0 Å². The average Bonchev–Trinajstić information content (AvgIpc) is 2.78. The number of aliphatic hydroxyl groups is 1. The Hall–Kier alpha value is -2.41. The van der Waals surface area contributed by atoms with E-state index in [0.717, 1.165) is 5.56 Å². The van der Waals surface area contributed by atoms with Crippen molar-refractivity contribution in [3.8, 4) is 5.75 Å². The molecule has 0 fully saturated rings. The Morgan fingerprint density at radius 2 is 1.52 bits per heavy atom. The summed E-state index contributed by atoms with van der Waals surface area (Å²) >= 11 is 0. The third-order valence-electron chi connectivity index (χ3n) is 4.76. The summed E-state index contributed by atoms with van der Waals surface area (Å²) in [5, 5.41) is 14.0. The Kier molecular flexibility index (Phi) is 12.7. The first-order valence-corrected chi connectivity index (χ1v) is 11.7. The molecule has 0 heterocycles. The topological polar surface area (TPSA) is 77.0 Å². The van der Waals surface area contributed by atoms with Crippen LogP contribution in [0.4, 0.5) is 0 Å². The normalized spacial score (nSPS) is 13.6. The number of ether oxygens (including phenoxy) is 3. The third kappa shape index (κ3) is 9.95. The van der Waals surface area contributed by atoms with Crippen molar-refractivity contribution in [3.05, 3.63) is 65.7 Å². The predicted molar refractivity (Wildman–Crippen MR) is 132 cm³/mol. The number of esters is 1. The maximum absolute atomic E-state index is 12.3. The largest absolute Gasteiger partial charge is 0.489 e. The molecule has 2 aromatic carbocycles. The van der Waals surface area contributed by atoms with Crippen molar-refractivity contribution < 1.29 is 24.1 Å². The van der Waals surface area contributed by atoms with E-state index in [1.807, 2.05) is 30.3 Å². The molecular weight excluding hydrogens is 418 g/mol. The summed E-state index contributed by atoms with van der Waals surface area (Å²) in [6.07, 6.45) is -1.15. The summed E-state index contributed by atoms with van der Waals surface area (Å²) in [4.78, 5) is 12.3. The van der Waals surface area contributed by atoms with Gasteiger partial charge in [0.25, 0.3) is 0 Å². The van der Waals surface area contributed by atoms with Crippen molar-refractivity contribution >= 4 is 5.97 Å². The van der Waals surface area contributed by atoms with E-state index in [1.165, 1.54) is 0 Å². The molecule has 2 unspecified atom stereocenters. The van der Waals surface area contributed by atoms with Gasteiger partial charge in [-0.05, 0) is 44.0 Å². The minimum atomic E-state index is -1.46. The molecule has 0 aliphatic rings. The van der Waals surface area contributed by atoms with E-state index in [-0.39, 0.29) is 13.2 Å². The molecule has 184 valence electrons. The molecule has 2 aromatic rings. The number of aliphatic hydroxyl groups excluding tert-OH is 1. The molecule has 0 aliphatic heterocycles. The molecule has 6 nitrogen and oxygen atoms in total. The van der Waals surface area contributed by atoms with Crippen molar-refractivity contribution in [3.63, 3.8) is 0 Å². The number of rotatable bonds is 11. The van der Waals surface area contributed by atoms with Gasteiger partial charge in [-0.1, -0.05) is 70.2 Å². The van der Waals surface area contributed by atoms with Crippen LogP contribution >= 0.6 is 0 Å². The molecule has 2 N–H and O–H groups in total. The summed E-state index contributed by atoms with van der Waals surface area (Å²) in [6.45, 7) is 14.6. The Labute approximate surface area is 199 Å². The van der Waals surface area contributed by atoms with Crippen molar-refractivity contribution in [1.82, 2.24) is 5.32 Å². The van der Waals surface area contributed by atoms with Crippen LogP contribution in [0.3, 0.4) is 0 Å². The number of benzene rings is 2. The van der Waals surface area contributed by atoms with Crippen LogP contribution in [0.15, 0.2) is 54.6 Å². The summed E-state index contributed by atoms with van der Waals surface area (Å²) in [5.41, 5.74) is 0.167. The molecular formula is C27H41NO5.